The van der Waals surface area contributed by atoms with Gasteiger partial charge in [0.05, 0.1) is 11.5 Å². The molecule has 1 aromatic carbocycles. The van der Waals surface area contributed by atoms with Crippen LogP contribution in [0.1, 0.15) is 38.7 Å². The van der Waals surface area contributed by atoms with Gasteiger partial charge in [-0.1, -0.05) is 25.5 Å². The summed E-state index contributed by atoms with van der Waals surface area (Å²) in [6.45, 7) is 5.79. The van der Waals surface area contributed by atoms with E-state index in [0.717, 1.165) is 24.8 Å². The van der Waals surface area contributed by atoms with Gasteiger partial charge in [0.15, 0.2) is 0 Å². The third-order valence-electron chi connectivity index (χ3n) is 4.36. The predicted octanol–water partition coefficient (Wildman–Crippen LogP) is 2.88. The smallest absolute Gasteiger partial charge is 0.409 e. The van der Waals surface area contributed by atoms with Gasteiger partial charge in [-0.05, 0) is 43.9 Å². The van der Waals surface area contributed by atoms with Crippen LogP contribution in [0, 0.1) is 0 Å². The number of hydrogen-bond donors (Lipinski definition) is 0. The van der Waals surface area contributed by atoms with Crippen LogP contribution in [0.3, 0.4) is 0 Å². The molecule has 1 aliphatic rings. The Hall–Kier alpha value is -1.60. The van der Waals surface area contributed by atoms with Gasteiger partial charge in [-0.2, -0.15) is 4.31 Å². The molecule has 0 saturated carbocycles. The molecular weight excluding hydrogens is 340 g/mol. The van der Waals surface area contributed by atoms with Crippen molar-refractivity contribution in [1.29, 1.82) is 0 Å². The summed E-state index contributed by atoms with van der Waals surface area (Å²) >= 11 is 0. The molecule has 1 fully saturated rings. The number of aryl methyl sites for hydroxylation is 1. The summed E-state index contributed by atoms with van der Waals surface area (Å²) in [7, 11) is -3.53. The van der Waals surface area contributed by atoms with Crippen molar-refractivity contribution in [2.24, 2.45) is 0 Å². The molecule has 0 unspecified atom stereocenters. The number of sulfonamides is 1. The lowest BCUT2D eigenvalue weighted by molar-refractivity contribution is 0.109. The van der Waals surface area contributed by atoms with Crippen LogP contribution >= 0.6 is 0 Å². The molecule has 0 spiro atoms. The molecule has 0 radical (unpaired) electrons. The maximum atomic E-state index is 12.9. The van der Waals surface area contributed by atoms with E-state index in [1.807, 2.05) is 12.1 Å². The zero-order chi connectivity index (χ0) is 18.3. The first-order valence-electron chi connectivity index (χ1n) is 8.99. The minimum Gasteiger partial charge on any atom is -0.450 e. The second-order valence-corrected chi connectivity index (χ2v) is 8.13. The number of benzene rings is 1. The number of carbonyl (C=O) groups excluding carboxylic acids is 1. The Morgan fingerprint density at radius 1 is 1.08 bits per heavy atom. The molecule has 7 heteroatoms. The number of unbranched alkanes of at least 4 members (excludes halogenated alkanes) is 1. The average molecular weight is 368 g/mol. The van der Waals surface area contributed by atoms with Crippen molar-refractivity contribution in [2.75, 3.05) is 32.8 Å². The second-order valence-electron chi connectivity index (χ2n) is 6.19. The van der Waals surface area contributed by atoms with Crippen LogP contribution in [0.15, 0.2) is 29.2 Å². The quantitative estimate of drug-likeness (QED) is 0.774. The van der Waals surface area contributed by atoms with Gasteiger partial charge in [-0.15, -0.1) is 0 Å². The second kappa shape index (κ2) is 9.20. The summed E-state index contributed by atoms with van der Waals surface area (Å²) in [6, 6.07) is 7.17. The Labute approximate surface area is 150 Å². The highest BCUT2D eigenvalue weighted by Crippen LogP contribution is 2.19. The van der Waals surface area contributed by atoms with Crippen LogP contribution in [0.5, 0.6) is 0 Å². The van der Waals surface area contributed by atoms with Gasteiger partial charge in [0.2, 0.25) is 10.0 Å². The molecule has 0 atom stereocenters. The van der Waals surface area contributed by atoms with E-state index in [0.29, 0.717) is 44.1 Å². The van der Waals surface area contributed by atoms with E-state index in [4.69, 9.17) is 4.74 Å². The van der Waals surface area contributed by atoms with Crippen LogP contribution in [0.2, 0.25) is 0 Å². The fraction of sp³-hybridized carbons (Fsp3) is 0.611. The van der Waals surface area contributed by atoms with E-state index in [2.05, 4.69) is 6.92 Å². The van der Waals surface area contributed by atoms with Gasteiger partial charge in [-0.3, -0.25) is 0 Å². The van der Waals surface area contributed by atoms with Crippen LogP contribution in [0.4, 0.5) is 4.79 Å². The van der Waals surface area contributed by atoms with Gasteiger partial charge in [0.1, 0.15) is 0 Å². The highest BCUT2D eigenvalue weighted by Gasteiger charge is 2.28. The highest BCUT2D eigenvalue weighted by atomic mass is 32.2. The Morgan fingerprint density at radius 3 is 2.44 bits per heavy atom. The molecule has 1 aliphatic heterocycles. The Kier molecular flexibility index (Phi) is 7.25. The highest BCUT2D eigenvalue weighted by molar-refractivity contribution is 7.89. The molecule has 1 saturated heterocycles. The molecule has 1 amide bonds. The molecule has 6 nitrogen and oxygen atoms in total. The predicted molar refractivity (Wildman–Crippen MR) is 97.0 cm³/mol. The summed E-state index contributed by atoms with van der Waals surface area (Å²) in [4.78, 5) is 13.7. The normalized spacial score (nSPS) is 16.5. The summed E-state index contributed by atoms with van der Waals surface area (Å²) in [5.74, 6) is 0. The molecule has 1 aromatic rings. The van der Waals surface area contributed by atoms with Crippen LogP contribution in [-0.2, 0) is 21.2 Å². The largest absolute Gasteiger partial charge is 0.450 e. The van der Waals surface area contributed by atoms with E-state index in [1.54, 1.807) is 24.0 Å². The molecule has 1 heterocycles. The number of hydrogen-bond acceptors (Lipinski definition) is 4. The fourth-order valence-electron chi connectivity index (χ4n) is 2.89. The van der Waals surface area contributed by atoms with Crippen LogP contribution in [-0.4, -0.2) is 56.5 Å². The number of ether oxygens (including phenoxy) is 1. The zero-order valence-electron chi connectivity index (χ0n) is 15.1. The number of rotatable bonds is 6. The average Bonchev–Trinajstić information content (AvgIpc) is 2.87. The minimum absolute atomic E-state index is 0.290. The molecular formula is C18H28N2O4S. The van der Waals surface area contributed by atoms with Crippen LogP contribution in [0.25, 0.3) is 0 Å². The van der Waals surface area contributed by atoms with Gasteiger partial charge < -0.3 is 9.64 Å². The van der Waals surface area contributed by atoms with E-state index in [1.165, 1.54) is 4.31 Å². The summed E-state index contributed by atoms with van der Waals surface area (Å²) < 4.78 is 32.2. The SMILES string of the molecule is CCCCc1ccc(S(=O)(=O)N2CCCN(C(=O)OCC)CC2)cc1. The topological polar surface area (TPSA) is 66.9 Å². The van der Waals surface area contributed by atoms with Crippen molar-refractivity contribution in [3.05, 3.63) is 29.8 Å². The molecule has 140 valence electrons. The maximum Gasteiger partial charge on any atom is 0.409 e. The van der Waals surface area contributed by atoms with Crippen molar-refractivity contribution in [2.45, 2.75) is 44.4 Å². The molecule has 0 N–H and O–H groups in total. The fourth-order valence-corrected chi connectivity index (χ4v) is 4.36. The standard InChI is InChI=1S/C18H28N2O4S/c1-3-5-7-16-8-10-17(11-9-16)25(22,23)20-13-6-12-19(14-15-20)18(21)24-4-2/h8-11H,3-7,12-15H2,1-2H3. The summed E-state index contributed by atoms with van der Waals surface area (Å²) in [6.07, 6.45) is 3.41. The van der Waals surface area contributed by atoms with E-state index < -0.39 is 10.0 Å². The van der Waals surface area contributed by atoms with Crippen LogP contribution < -0.4 is 0 Å². The number of nitrogens with zero attached hydrogens (tertiary/aromatic N) is 2. The lowest BCUT2D eigenvalue weighted by atomic mass is 10.1. The van der Waals surface area contributed by atoms with Gasteiger partial charge in [0, 0.05) is 26.2 Å². The zero-order valence-corrected chi connectivity index (χ0v) is 15.9. The molecule has 25 heavy (non-hydrogen) atoms. The first-order valence-corrected chi connectivity index (χ1v) is 10.4. The first kappa shape index (κ1) is 19.7. The lowest BCUT2D eigenvalue weighted by Crippen LogP contribution is -2.37. The molecule has 2 rings (SSSR count). The van der Waals surface area contributed by atoms with E-state index in [-0.39, 0.29) is 6.09 Å². The van der Waals surface area contributed by atoms with Crippen molar-refractivity contribution in [3.8, 4) is 0 Å². The van der Waals surface area contributed by atoms with Crippen molar-refractivity contribution in [1.82, 2.24) is 9.21 Å². The summed E-state index contributed by atoms with van der Waals surface area (Å²) in [5, 5.41) is 0. The molecule has 0 aromatic heterocycles. The first-order chi connectivity index (χ1) is 12.0. The Morgan fingerprint density at radius 2 is 1.80 bits per heavy atom. The van der Waals surface area contributed by atoms with Gasteiger partial charge >= 0.3 is 6.09 Å². The number of carbonyl (C=O) groups is 1. The van der Waals surface area contributed by atoms with Crippen molar-refractivity contribution < 1.29 is 17.9 Å². The summed E-state index contributed by atoms with van der Waals surface area (Å²) in [5.41, 5.74) is 1.16. The monoisotopic (exact) mass is 368 g/mol. The van der Waals surface area contributed by atoms with E-state index in [9.17, 15) is 13.2 Å². The number of amides is 1. The maximum absolute atomic E-state index is 12.9. The Bertz CT molecular complexity index is 658. The van der Waals surface area contributed by atoms with Crippen molar-refractivity contribution >= 4 is 16.1 Å². The third-order valence-corrected chi connectivity index (χ3v) is 6.27. The minimum atomic E-state index is -3.53. The molecule has 0 aliphatic carbocycles. The van der Waals surface area contributed by atoms with Gasteiger partial charge in [0.25, 0.3) is 0 Å². The van der Waals surface area contributed by atoms with Crippen molar-refractivity contribution in [3.63, 3.8) is 0 Å². The Balaban J connectivity index is 2.05. The van der Waals surface area contributed by atoms with E-state index >= 15 is 0 Å². The third kappa shape index (κ3) is 5.19. The molecule has 0 bridgehead atoms. The van der Waals surface area contributed by atoms with Gasteiger partial charge in [-0.25, -0.2) is 13.2 Å². The lowest BCUT2D eigenvalue weighted by Gasteiger charge is -2.21.